The minimum Gasteiger partial charge on any atom is -0.376 e. The molecule has 0 radical (unpaired) electrons. The molecule has 5 rings (SSSR count). The monoisotopic (exact) mass is 511 g/mol. The molecule has 1 aromatic carbocycles. The molecule has 34 heavy (non-hydrogen) atoms. The number of hydrogen-bond acceptors (Lipinski definition) is 8. The first-order valence-electron chi connectivity index (χ1n) is 11.3. The zero-order valence-corrected chi connectivity index (χ0v) is 21.2. The number of thiazole rings is 1. The van der Waals surface area contributed by atoms with Gasteiger partial charge in [0, 0.05) is 33.4 Å². The summed E-state index contributed by atoms with van der Waals surface area (Å²) in [6.45, 7) is 3.64. The van der Waals surface area contributed by atoms with E-state index in [9.17, 15) is 4.79 Å². The second-order valence-corrected chi connectivity index (χ2v) is 10.7. The fraction of sp³-hybridized carbons (Fsp3) is 0.333. The van der Waals surface area contributed by atoms with Crippen molar-refractivity contribution in [2.45, 2.75) is 44.0 Å². The lowest BCUT2D eigenvalue weighted by Crippen LogP contribution is -2.18. The summed E-state index contributed by atoms with van der Waals surface area (Å²) in [5.74, 6) is 0.950. The lowest BCUT2D eigenvalue weighted by molar-refractivity contribution is -0.113. The van der Waals surface area contributed by atoms with Crippen LogP contribution in [0.15, 0.2) is 52.3 Å². The van der Waals surface area contributed by atoms with Crippen molar-refractivity contribution in [2.75, 3.05) is 17.7 Å². The first-order chi connectivity index (χ1) is 16.7. The highest BCUT2D eigenvalue weighted by molar-refractivity contribution is 7.99. The van der Waals surface area contributed by atoms with Gasteiger partial charge >= 0.3 is 0 Å². The predicted octanol–water partition coefficient (Wildman–Crippen LogP) is 5.60. The van der Waals surface area contributed by atoms with Crippen LogP contribution in [0.3, 0.4) is 0 Å². The summed E-state index contributed by atoms with van der Waals surface area (Å²) in [6, 6.07) is 12.1. The molecule has 0 aliphatic carbocycles. The van der Waals surface area contributed by atoms with Gasteiger partial charge in [-0.1, -0.05) is 49.0 Å². The summed E-state index contributed by atoms with van der Waals surface area (Å²) in [5.41, 5.74) is 2.96. The van der Waals surface area contributed by atoms with Gasteiger partial charge in [-0.3, -0.25) is 9.36 Å². The SMILES string of the molecule is CCc1cc(-c2nnc(SCC(=O)Nc3nc(-c4ccccc4)cs3)n2CC2CCCO2)cs1. The van der Waals surface area contributed by atoms with Crippen molar-refractivity contribution in [1.29, 1.82) is 0 Å². The standard InChI is InChI=1S/C24H25N5O2S3/c1-2-19-11-17(13-32-19)22-27-28-24(29(22)12-18-9-6-10-31-18)34-15-21(30)26-23-25-20(14-33-23)16-7-4-3-5-8-16/h3-5,7-8,11,13-14,18H,2,6,9-10,12,15H2,1H3,(H,25,26,30). The number of hydrogen-bond donors (Lipinski definition) is 1. The molecule has 1 amide bonds. The molecule has 1 atom stereocenters. The van der Waals surface area contributed by atoms with Crippen LogP contribution in [0.4, 0.5) is 5.13 Å². The third-order valence-electron chi connectivity index (χ3n) is 5.54. The molecule has 0 saturated carbocycles. The maximum atomic E-state index is 12.7. The Kier molecular flexibility index (Phi) is 7.39. The molecule has 10 heteroatoms. The van der Waals surface area contributed by atoms with Gasteiger partial charge in [-0.25, -0.2) is 4.98 Å². The summed E-state index contributed by atoms with van der Waals surface area (Å²) < 4.78 is 7.98. The molecule has 3 aromatic heterocycles. The Morgan fingerprint density at radius 3 is 2.85 bits per heavy atom. The Balaban J connectivity index is 1.27. The van der Waals surface area contributed by atoms with Gasteiger partial charge in [0.05, 0.1) is 24.1 Å². The van der Waals surface area contributed by atoms with Gasteiger partial charge in [0.25, 0.3) is 0 Å². The Labute approximate surface area is 210 Å². The fourth-order valence-electron chi connectivity index (χ4n) is 3.81. The molecule has 4 aromatic rings. The van der Waals surface area contributed by atoms with Crippen molar-refractivity contribution in [1.82, 2.24) is 19.7 Å². The number of aryl methyl sites for hydroxylation is 1. The van der Waals surface area contributed by atoms with Gasteiger partial charge in [0.15, 0.2) is 16.1 Å². The smallest absolute Gasteiger partial charge is 0.236 e. The maximum Gasteiger partial charge on any atom is 0.236 e. The van der Waals surface area contributed by atoms with Crippen LogP contribution in [0, 0.1) is 0 Å². The molecule has 7 nitrogen and oxygen atoms in total. The molecule has 0 spiro atoms. The number of benzene rings is 1. The van der Waals surface area contributed by atoms with E-state index in [0.717, 1.165) is 53.7 Å². The third-order valence-corrected chi connectivity index (χ3v) is 8.35. The molecule has 1 aliphatic rings. The van der Waals surface area contributed by atoms with E-state index >= 15 is 0 Å². The van der Waals surface area contributed by atoms with Crippen LogP contribution in [0.25, 0.3) is 22.6 Å². The third kappa shape index (κ3) is 5.41. The van der Waals surface area contributed by atoms with Gasteiger partial charge in [0.2, 0.25) is 5.91 Å². The number of thioether (sulfide) groups is 1. The van der Waals surface area contributed by atoms with Gasteiger partial charge < -0.3 is 10.1 Å². The zero-order valence-electron chi connectivity index (χ0n) is 18.8. The number of aromatic nitrogens is 4. The minimum absolute atomic E-state index is 0.115. The minimum atomic E-state index is -0.115. The molecular formula is C24H25N5O2S3. The van der Waals surface area contributed by atoms with Crippen molar-refractivity contribution < 1.29 is 9.53 Å². The van der Waals surface area contributed by atoms with E-state index in [0.29, 0.717) is 11.7 Å². The molecule has 176 valence electrons. The lowest BCUT2D eigenvalue weighted by atomic mass is 10.2. The van der Waals surface area contributed by atoms with Crippen LogP contribution in [-0.4, -0.2) is 44.1 Å². The normalized spacial score (nSPS) is 15.6. The highest BCUT2D eigenvalue weighted by Crippen LogP contribution is 2.30. The van der Waals surface area contributed by atoms with E-state index in [1.165, 1.54) is 28.0 Å². The lowest BCUT2D eigenvalue weighted by Gasteiger charge is -2.14. The number of amides is 1. The van der Waals surface area contributed by atoms with Gasteiger partial charge in [-0.05, 0) is 25.3 Å². The van der Waals surface area contributed by atoms with Crippen LogP contribution in [0.2, 0.25) is 0 Å². The molecule has 1 saturated heterocycles. The highest BCUT2D eigenvalue weighted by atomic mass is 32.2. The van der Waals surface area contributed by atoms with E-state index in [4.69, 9.17) is 4.74 Å². The number of thiophene rings is 1. The Hall–Kier alpha value is -2.53. The maximum absolute atomic E-state index is 12.7. The van der Waals surface area contributed by atoms with E-state index in [2.05, 4.69) is 43.4 Å². The van der Waals surface area contributed by atoms with E-state index in [-0.39, 0.29) is 17.8 Å². The van der Waals surface area contributed by atoms with Crippen molar-refractivity contribution in [3.05, 3.63) is 52.0 Å². The quantitative estimate of drug-likeness (QED) is 0.295. The number of carbonyl (C=O) groups excluding carboxylic acids is 1. The van der Waals surface area contributed by atoms with E-state index in [1.54, 1.807) is 11.3 Å². The van der Waals surface area contributed by atoms with Crippen LogP contribution in [-0.2, 0) is 22.5 Å². The second-order valence-electron chi connectivity index (χ2n) is 7.95. The number of rotatable bonds is 9. The predicted molar refractivity (Wildman–Crippen MR) is 139 cm³/mol. The van der Waals surface area contributed by atoms with Gasteiger partial charge in [-0.15, -0.1) is 32.9 Å². The Morgan fingerprint density at radius 2 is 2.09 bits per heavy atom. The number of nitrogens with one attached hydrogen (secondary N) is 1. The number of anilines is 1. The molecular weight excluding hydrogens is 486 g/mol. The highest BCUT2D eigenvalue weighted by Gasteiger charge is 2.23. The zero-order chi connectivity index (χ0) is 23.3. The molecule has 1 unspecified atom stereocenters. The van der Waals surface area contributed by atoms with Gasteiger partial charge in [-0.2, -0.15) is 0 Å². The first kappa shape index (κ1) is 23.2. The topological polar surface area (TPSA) is 81.9 Å². The summed E-state index contributed by atoms with van der Waals surface area (Å²) >= 11 is 4.55. The Bertz CT molecular complexity index is 1240. The second kappa shape index (κ2) is 10.8. The number of nitrogens with zero attached hydrogens (tertiary/aromatic N) is 4. The summed E-state index contributed by atoms with van der Waals surface area (Å²) in [4.78, 5) is 18.5. The van der Waals surface area contributed by atoms with Gasteiger partial charge in [0.1, 0.15) is 0 Å². The van der Waals surface area contributed by atoms with Crippen LogP contribution < -0.4 is 5.32 Å². The first-order valence-corrected chi connectivity index (χ1v) is 14.0. The molecule has 1 aliphatic heterocycles. The van der Waals surface area contributed by atoms with Crippen molar-refractivity contribution in [2.24, 2.45) is 0 Å². The molecule has 1 fully saturated rings. The van der Waals surface area contributed by atoms with Crippen molar-refractivity contribution in [3.63, 3.8) is 0 Å². The van der Waals surface area contributed by atoms with Crippen LogP contribution in [0.5, 0.6) is 0 Å². The van der Waals surface area contributed by atoms with Crippen LogP contribution in [0.1, 0.15) is 24.6 Å². The fourth-order valence-corrected chi connectivity index (χ4v) is 6.10. The molecule has 1 N–H and O–H groups in total. The summed E-state index contributed by atoms with van der Waals surface area (Å²) in [6.07, 6.45) is 3.25. The van der Waals surface area contributed by atoms with Crippen molar-refractivity contribution in [3.8, 4) is 22.6 Å². The summed E-state index contributed by atoms with van der Waals surface area (Å²) in [7, 11) is 0. The van der Waals surface area contributed by atoms with E-state index in [1.807, 2.05) is 35.7 Å². The molecule has 0 bridgehead atoms. The number of carbonyl (C=O) groups is 1. The largest absolute Gasteiger partial charge is 0.376 e. The molecule has 4 heterocycles. The van der Waals surface area contributed by atoms with Crippen molar-refractivity contribution >= 4 is 45.5 Å². The average molecular weight is 512 g/mol. The number of ether oxygens (including phenoxy) is 1. The Morgan fingerprint density at radius 1 is 1.21 bits per heavy atom. The summed E-state index contributed by atoms with van der Waals surface area (Å²) in [5, 5.41) is 17.2. The average Bonchev–Trinajstić information content (AvgIpc) is 3.66. The van der Waals surface area contributed by atoms with Crippen LogP contribution >= 0.6 is 34.4 Å². The van der Waals surface area contributed by atoms with E-state index < -0.39 is 0 Å².